The van der Waals surface area contributed by atoms with Crippen LogP contribution < -0.4 is 10.6 Å². The van der Waals surface area contributed by atoms with Crippen LogP contribution in [0.3, 0.4) is 0 Å². The minimum atomic E-state index is -3.50. The number of nitrogens with one attached hydrogen (secondary N) is 2. The molecule has 2 amide bonds. The number of carboxylic acid groups (broad SMARTS) is 1. The van der Waals surface area contributed by atoms with E-state index in [1.165, 1.54) is 24.3 Å². The van der Waals surface area contributed by atoms with Crippen LogP contribution in [0.5, 0.6) is 0 Å². The van der Waals surface area contributed by atoms with Gasteiger partial charge in [0, 0.05) is 34.2 Å². The highest BCUT2D eigenvalue weighted by Crippen LogP contribution is 2.32. The van der Waals surface area contributed by atoms with Crippen LogP contribution in [-0.2, 0) is 34.0 Å². The summed E-state index contributed by atoms with van der Waals surface area (Å²) in [7, 11) is -3.50. The van der Waals surface area contributed by atoms with Crippen molar-refractivity contribution >= 4 is 85.0 Å². The summed E-state index contributed by atoms with van der Waals surface area (Å²) >= 11 is 21.1. The Morgan fingerprint density at radius 3 is 2.27 bits per heavy atom. The average molecular weight is 738 g/mol. The second-order valence-corrected chi connectivity index (χ2v) is 13.1. The van der Waals surface area contributed by atoms with Crippen molar-refractivity contribution in [1.29, 1.82) is 0 Å². The second kappa shape index (κ2) is 14.0. The lowest BCUT2D eigenvalue weighted by atomic mass is 9.99. The monoisotopic (exact) mass is 736 g/mol. The molecule has 212 valence electrons. The molecular weight excluding hydrogens is 714 g/mol. The molecule has 3 rings (SSSR count). The van der Waals surface area contributed by atoms with Gasteiger partial charge in [0.05, 0.1) is 20.5 Å². The molecule has 3 aromatic rings. The number of halogens is 4. The summed E-state index contributed by atoms with van der Waals surface area (Å²) < 4.78 is 24.4. The molecule has 3 aromatic carbocycles. The topological polar surface area (TPSA) is 130 Å². The molecule has 0 heterocycles. The lowest BCUT2D eigenvalue weighted by molar-refractivity contribution is -0.139. The number of alkyl halides is 1. The third-order valence-corrected chi connectivity index (χ3v) is 8.52. The molecule has 0 aliphatic heterocycles. The molecule has 0 aliphatic carbocycles. The summed E-state index contributed by atoms with van der Waals surface area (Å²) in [5.74, 6) is -2.46. The van der Waals surface area contributed by atoms with Crippen LogP contribution in [0.15, 0.2) is 59.5 Å². The van der Waals surface area contributed by atoms with Crippen LogP contribution in [0.1, 0.15) is 37.4 Å². The third-order valence-electron chi connectivity index (χ3n) is 5.90. The summed E-state index contributed by atoms with van der Waals surface area (Å²) in [6.07, 6.45) is 1.34. The van der Waals surface area contributed by atoms with Gasteiger partial charge < -0.3 is 15.7 Å². The Kier molecular flexibility index (Phi) is 11.2. The van der Waals surface area contributed by atoms with Crippen LogP contribution in [0.25, 0.3) is 0 Å². The molecule has 0 spiro atoms. The molecule has 0 saturated carbocycles. The van der Waals surface area contributed by atoms with E-state index in [0.717, 1.165) is 6.26 Å². The van der Waals surface area contributed by atoms with E-state index < -0.39 is 27.8 Å². The van der Waals surface area contributed by atoms with Crippen molar-refractivity contribution in [1.82, 2.24) is 10.6 Å². The highest BCUT2D eigenvalue weighted by atomic mass is 127. The predicted molar refractivity (Wildman–Crippen MR) is 164 cm³/mol. The lowest BCUT2D eigenvalue weighted by Crippen LogP contribution is -2.42. The van der Waals surface area contributed by atoms with Crippen LogP contribution in [0.2, 0.25) is 15.1 Å². The Hall–Kier alpha value is -2.38. The number of carbonyl (C=O) groups excluding carboxylic acids is 2. The first-order valence-corrected chi connectivity index (χ1v) is 16.3. The minimum absolute atomic E-state index is 0.0151. The quantitative estimate of drug-likeness (QED) is 0.179. The number of aliphatic carboxylic acids is 1. The molecule has 0 aliphatic rings. The fraction of sp³-hybridized carbons (Fsp3) is 0.222. The fourth-order valence-electron chi connectivity index (χ4n) is 3.89. The Morgan fingerprint density at radius 2 is 1.68 bits per heavy atom. The molecule has 13 heteroatoms. The standard InChI is InChI=1S/C27H24Cl3IN2O6S/c1-40(38,39)19-4-2-3-15(11-19)12-22(27(36)37)33-26(35)23-21(29)13-17(20(9-10-31)24(23)30)14-32-25(34)16-5-7-18(28)8-6-16/h2-8,11,13,22H,9-10,12,14H2,1H3,(H,32,34)(H,33,35)(H,36,37)/t22-/m0/s1. The number of sulfone groups is 1. The molecule has 0 radical (unpaired) electrons. The van der Waals surface area contributed by atoms with Gasteiger partial charge in [-0.25, -0.2) is 13.2 Å². The number of rotatable bonds is 11. The van der Waals surface area contributed by atoms with E-state index in [2.05, 4.69) is 33.2 Å². The van der Waals surface area contributed by atoms with E-state index >= 15 is 0 Å². The van der Waals surface area contributed by atoms with Crippen molar-refractivity contribution in [3.63, 3.8) is 0 Å². The first-order valence-electron chi connectivity index (χ1n) is 11.7. The van der Waals surface area contributed by atoms with Gasteiger partial charge in [0.1, 0.15) is 6.04 Å². The summed E-state index contributed by atoms with van der Waals surface area (Å²) in [6, 6.07) is 12.4. The lowest BCUT2D eigenvalue weighted by Gasteiger charge is -2.19. The van der Waals surface area contributed by atoms with Gasteiger partial charge in [0.2, 0.25) is 0 Å². The molecule has 40 heavy (non-hydrogen) atoms. The maximum atomic E-state index is 13.2. The van der Waals surface area contributed by atoms with Gasteiger partial charge in [-0.1, -0.05) is 69.5 Å². The molecule has 3 N–H and O–H groups in total. The molecule has 8 nitrogen and oxygen atoms in total. The molecule has 0 fully saturated rings. The van der Waals surface area contributed by atoms with Gasteiger partial charge in [-0.2, -0.15) is 0 Å². The zero-order valence-corrected chi connectivity index (χ0v) is 26.3. The Labute approximate surface area is 260 Å². The summed E-state index contributed by atoms with van der Waals surface area (Å²) in [4.78, 5) is 37.8. The van der Waals surface area contributed by atoms with Crippen molar-refractivity contribution in [2.24, 2.45) is 0 Å². The van der Waals surface area contributed by atoms with Gasteiger partial charge in [0.25, 0.3) is 11.8 Å². The smallest absolute Gasteiger partial charge is 0.326 e. The van der Waals surface area contributed by atoms with E-state index in [-0.39, 0.29) is 39.4 Å². The van der Waals surface area contributed by atoms with E-state index in [4.69, 9.17) is 34.8 Å². The average Bonchev–Trinajstić information content (AvgIpc) is 2.88. The van der Waals surface area contributed by atoms with Gasteiger partial charge in [-0.05, 0) is 65.6 Å². The maximum Gasteiger partial charge on any atom is 0.326 e. The zero-order chi connectivity index (χ0) is 29.6. The van der Waals surface area contributed by atoms with Crippen LogP contribution in [0, 0.1) is 0 Å². The molecule has 0 bridgehead atoms. The maximum absolute atomic E-state index is 13.2. The largest absolute Gasteiger partial charge is 0.480 e. The van der Waals surface area contributed by atoms with E-state index in [1.54, 1.807) is 30.3 Å². The van der Waals surface area contributed by atoms with Crippen molar-refractivity contribution in [2.45, 2.75) is 30.3 Å². The molecule has 0 unspecified atom stereocenters. The predicted octanol–water partition coefficient (Wildman–Crippen LogP) is 5.38. The first kappa shape index (κ1) is 32.1. The normalized spacial score (nSPS) is 12.0. The molecule has 1 atom stereocenters. The number of hydrogen-bond donors (Lipinski definition) is 3. The molecular formula is C27H24Cl3IN2O6S. The second-order valence-electron chi connectivity index (χ2n) is 8.80. The highest BCUT2D eigenvalue weighted by Gasteiger charge is 2.26. The van der Waals surface area contributed by atoms with Crippen molar-refractivity contribution in [3.05, 3.63) is 97.5 Å². The highest BCUT2D eigenvalue weighted by molar-refractivity contribution is 14.1. The van der Waals surface area contributed by atoms with E-state index in [9.17, 15) is 27.9 Å². The zero-order valence-electron chi connectivity index (χ0n) is 21.0. The van der Waals surface area contributed by atoms with Gasteiger partial charge in [-0.15, -0.1) is 0 Å². The molecule has 0 aromatic heterocycles. The number of benzene rings is 3. The van der Waals surface area contributed by atoms with Crippen molar-refractivity contribution in [2.75, 3.05) is 10.7 Å². The SMILES string of the molecule is CS(=O)(=O)c1cccc(C[C@H](NC(=O)c2c(Cl)cc(CNC(=O)c3ccc(Cl)cc3)c(CCI)c2Cl)C(=O)O)c1. The van der Waals surface area contributed by atoms with Crippen LogP contribution in [-0.4, -0.2) is 48.0 Å². The number of carboxylic acids is 1. The molecule has 0 saturated heterocycles. The van der Waals surface area contributed by atoms with Gasteiger partial charge in [0.15, 0.2) is 9.84 Å². The van der Waals surface area contributed by atoms with Crippen molar-refractivity contribution < 1.29 is 27.9 Å². The first-order chi connectivity index (χ1) is 18.8. The number of hydrogen-bond acceptors (Lipinski definition) is 5. The van der Waals surface area contributed by atoms with Gasteiger partial charge in [-0.3, -0.25) is 9.59 Å². The number of carbonyl (C=O) groups is 3. The summed E-state index contributed by atoms with van der Waals surface area (Å²) in [5.41, 5.74) is 1.93. The number of amides is 2. The van der Waals surface area contributed by atoms with Crippen LogP contribution >= 0.6 is 57.4 Å². The Balaban J connectivity index is 1.85. The van der Waals surface area contributed by atoms with Crippen molar-refractivity contribution in [3.8, 4) is 0 Å². The Bertz CT molecular complexity index is 1550. The van der Waals surface area contributed by atoms with E-state index in [1.807, 2.05) is 0 Å². The van der Waals surface area contributed by atoms with Crippen LogP contribution in [0.4, 0.5) is 0 Å². The fourth-order valence-corrected chi connectivity index (χ4v) is 6.01. The van der Waals surface area contributed by atoms with Gasteiger partial charge >= 0.3 is 5.97 Å². The minimum Gasteiger partial charge on any atom is -0.480 e. The van der Waals surface area contributed by atoms with E-state index in [0.29, 0.717) is 38.1 Å². The summed E-state index contributed by atoms with van der Waals surface area (Å²) in [6.45, 7) is 0.0865. The summed E-state index contributed by atoms with van der Waals surface area (Å²) in [5, 5.41) is 15.6. The third kappa shape index (κ3) is 8.32. The Morgan fingerprint density at radius 1 is 1.00 bits per heavy atom.